The summed E-state index contributed by atoms with van der Waals surface area (Å²) in [6.07, 6.45) is 0. The normalized spacial score (nSPS) is 10.4. The lowest BCUT2D eigenvalue weighted by Gasteiger charge is -2.10. The second-order valence-electron chi connectivity index (χ2n) is 3.94. The number of benzene rings is 2. The van der Waals surface area contributed by atoms with E-state index in [0.29, 0.717) is 16.1 Å². The molecule has 92 valence electrons. The predicted octanol–water partition coefficient (Wildman–Crippen LogP) is 3.55. The first kappa shape index (κ1) is 12.6. The van der Waals surface area contributed by atoms with E-state index in [-0.39, 0.29) is 11.1 Å². The predicted molar refractivity (Wildman–Crippen MR) is 70.1 cm³/mol. The van der Waals surface area contributed by atoms with Gasteiger partial charge in [-0.25, -0.2) is 4.39 Å². The number of carbonyl (C=O) groups excluding carboxylic acids is 1. The molecule has 2 N–H and O–H groups in total. The van der Waals surface area contributed by atoms with Gasteiger partial charge in [-0.05, 0) is 24.6 Å². The van der Waals surface area contributed by atoms with E-state index in [9.17, 15) is 9.18 Å². The molecule has 2 nitrogen and oxygen atoms in total. The minimum Gasteiger partial charge on any atom is -0.366 e. The molecule has 2 aromatic carbocycles. The monoisotopic (exact) mass is 263 g/mol. The first-order chi connectivity index (χ1) is 8.52. The van der Waals surface area contributed by atoms with E-state index in [4.69, 9.17) is 17.3 Å². The van der Waals surface area contributed by atoms with E-state index in [2.05, 4.69) is 0 Å². The van der Waals surface area contributed by atoms with Crippen molar-refractivity contribution >= 4 is 17.5 Å². The van der Waals surface area contributed by atoms with E-state index in [1.165, 1.54) is 19.1 Å². The first-order valence-corrected chi connectivity index (χ1v) is 5.74. The smallest absolute Gasteiger partial charge is 0.249 e. The summed E-state index contributed by atoms with van der Waals surface area (Å²) in [4.78, 5) is 11.1. The average molecular weight is 264 g/mol. The minimum atomic E-state index is -0.642. The molecule has 0 saturated heterocycles. The maximum Gasteiger partial charge on any atom is 0.249 e. The molecular weight excluding hydrogens is 253 g/mol. The zero-order chi connectivity index (χ0) is 13.3. The lowest BCUT2D eigenvalue weighted by molar-refractivity contribution is 0.0999. The average Bonchev–Trinajstić information content (AvgIpc) is 2.33. The molecule has 0 aliphatic rings. The molecule has 4 heteroatoms. The van der Waals surface area contributed by atoms with Crippen LogP contribution in [0.3, 0.4) is 0 Å². The molecule has 0 saturated carbocycles. The second kappa shape index (κ2) is 4.78. The fraction of sp³-hybridized carbons (Fsp3) is 0.0714. The highest BCUT2D eigenvalue weighted by Gasteiger charge is 2.15. The van der Waals surface area contributed by atoms with Crippen LogP contribution in [0.1, 0.15) is 15.9 Å². The summed E-state index contributed by atoms with van der Waals surface area (Å²) in [5.41, 5.74) is 6.55. The van der Waals surface area contributed by atoms with Crippen molar-refractivity contribution < 1.29 is 9.18 Å². The van der Waals surface area contributed by atoms with Crippen molar-refractivity contribution in [3.05, 3.63) is 58.4 Å². The molecule has 0 aliphatic heterocycles. The Morgan fingerprint density at radius 1 is 1.17 bits per heavy atom. The Balaban J connectivity index is 2.65. The number of hydrogen-bond acceptors (Lipinski definition) is 1. The summed E-state index contributed by atoms with van der Waals surface area (Å²) < 4.78 is 14.2. The first-order valence-electron chi connectivity index (χ1n) is 5.36. The molecule has 0 radical (unpaired) electrons. The summed E-state index contributed by atoms with van der Waals surface area (Å²) in [6.45, 7) is 1.52. The van der Waals surface area contributed by atoms with Gasteiger partial charge in [0.1, 0.15) is 5.82 Å². The zero-order valence-corrected chi connectivity index (χ0v) is 10.5. The zero-order valence-electron chi connectivity index (χ0n) is 9.71. The van der Waals surface area contributed by atoms with Gasteiger partial charge in [0.05, 0.1) is 0 Å². The van der Waals surface area contributed by atoms with Crippen LogP contribution in [0.2, 0.25) is 5.02 Å². The Morgan fingerprint density at radius 2 is 1.83 bits per heavy atom. The van der Waals surface area contributed by atoms with Crippen LogP contribution in [0, 0.1) is 12.7 Å². The lowest BCUT2D eigenvalue weighted by Crippen LogP contribution is -2.13. The Kier molecular flexibility index (Phi) is 3.34. The third kappa shape index (κ3) is 2.09. The van der Waals surface area contributed by atoms with Gasteiger partial charge in [-0.3, -0.25) is 4.79 Å². The maximum absolute atomic E-state index is 14.2. The Hall–Kier alpha value is -1.87. The fourth-order valence-electron chi connectivity index (χ4n) is 1.84. The highest BCUT2D eigenvalue weighted by molar-refractivity contribution is 6.33. The van der Waals surface area contributed by atoms with Gasteiger partial charge in [-0.2, -0.15) is 0 Å². The van der Waals surface area contributed by atoms with Crippen molar-refractivity contribution in [3.63, 3.8) is 0 Å². The van der Waals surface area contributed by atoms with Gasteiger partial charge in [0.25, 0.3) is 0 Å². The summed E-state index contributed by atoms with van der Waals surface area (Å²) in [7, 11) is 0. The molecule has 0 aliphatic carbocycles. The van der Waals surface area contributed by atoms with E-state index >= 15 is 0 Å². The summed E-state index contributed by atoms with van der Waals surface area (Å²) in [6, 6.07) is 9.99. The van der Waals surface area contributed by atoms with Crippen molar-refractivity contribution in [3.8, 4) is 11.1 Å². The van der Waals surface area contributed by atoms with Gasteiger partial charge < -0.3 is 5.73 Å². The van der Waals surface area contributed by atoms with Gasteiger partial charge in [0.15, 0.2) is 0 Å². The second-order valence-corrected chi connectivity index (χ2v) is 4.35. The van der Waals surface area contributed by atoms with Crippen molar-refractivity contribution in [2.45, 2.75) is 6.92 Å². The summed E-state index contributed by atoms with van der Waals surface area (Å²) in [5, 5.41) is 0.461. The van der Waals surface area contributed by atoms with Crippen molar-refractivity contribution in [2.75, 3.05) is 0 Å². The molecule has 0 unspecified atom stereocenters. The minimum absolute atomic E-state index is 0.184. The number of amides is 1. The topological polar surface area (TPSA) is 43.1 Å². The van der Waals surface area contributed by atoms with Crippen molar-refractivity contribution in [1.82, 2.24) is 0 Å². The Bertz CT molecular complexity index is 625. The molecular formula is C14H11ClFNO. The van der Waals surface area contributed by atoms with Crippen LogP contribution < -0.4 is 5.73 Å². The molecule has 0 bridgehead atoms. The summed E-state index contributed by atoms with van der Waals surface area (Å²) in [5.74, 6) is -1.11. The van der Waals surface area contributed by atoms with Gasteiger partial charge >= 0.3 is 0 Å². The molecule has 0 aromatic heterocycles. The number of carbonyl (C=O) groups is 1. The fourth-order valence-corrected chi connectivity index (χ4v) is 2.08. The van der Waals surface area contributed by atoms with Crippen molar-refractivity contribution in [1.29, 1.82) is 0 Å². The maximum atomic E-state index is 14.2. The largest absolute Gasteiger partial charge is 0.366 e. The number of nitrogens with two attached hydrogens (primary N) is 1. The van der Waals surface area contributed by atoms with Crippen LogP contribution in [0.25, 0.3) is 11.1 Å². The van der Waals surface area contributed by atoms with Crippen LogP contribution in [0.4, 0.5) is 4.39 Å². The third-order valence-electron chi connectivity index (χ3n) is 2.82. The van der Waals surface area contributed by atoms with Crippen LogP contribution in [-0.4, -0.2) is 5.91 Å². The number of rotatable bonds is 2. The molecule has 0 fully saturated rings. The molecule has 0 spiro atoms. The molecule has 0 heterocycles. The molecule has 18 heavy (non-hydrogen) atoms. The van der Waals surface area contributed by atoms with E-state index in [0.717, 1.165) is 0 Å². The van der Waals surface area contributed by atoms with Gasteiger partial charge in [0, 0.05) is 21.7 Å². The van der Waals surface area contributed by atoms with E-state index < -0.39 is 11.7 Å². The van der Waals surface area contributed by atoms with Crippen LogP contribution in [0.5, 0.6) is 0 Å². The van der Waals surface area contributed by atoms with E-state index in [1.807, 2.05) is 0 Å². The quantitative estimate of drug-likeness (QED) is 0.885. The van der Waals surface area contributed by atoms with Crippen LogP contribution >= 0.6 is 11.6 Å². The van der Waals surface area contributed by atoms with Crippen LogP contribution in [-0.2, 0) is 0 Å². The van der Waals surface area contributed by atoms with Gasteiger partial charge in [-0.1, -0.05) is 35.9 Å². The standard InChI is InChI=1S/C14H11ClFNO/c1-8-9(14(17)18)6-7-11(13(8)16)10-4-2-3-5-12(10)15/h2-7H,1H3,(H2,17,18). The van der Waals surface area contributed by atoms with Crippen molar-refractivity contribution in [2.24, 2.45) is 5.73 Å². The van der Waals surface area contributed by atoms with Gasteiger partial charge in [0.2, 0.25) is 5.91 Å². The van der Waals surface area contributed by atoms with E-state index in [1.54, 1.807) is 24.3 Å². The summed E-state index contributed by atoms with van der Waals surface area (Å²) >= 11 is 6.03. The lowest BCUT2D eigenvalue weighted by atomic mass is 9.98. The highest BCUT2D eigenvalue weighted by Crippen LogP contribution is 2.31. The Labute approximate surface area is 109 Å². The molecule has 2 aromatic rings. The number of hydrogen-bond donors (Lipinski definition) is 1. The number of primary amides is 1. The van der Waals surface area contributed by atoms with Gasteiger partial charge in [-0.15, -0.1) is 0 Å². The highest BCUT2D eigenvalue weighted by atomic mass is 35.5. The Morgan fingerprint density at radius 3 is 2.44 bits per heavy atom. The van der Waals surface area contributed by atoms with Crippen LogP contribution in [0.15, 0.2) is 36.4 Å². The number of halogens is 2. The SMILES string of the molecule is Cc1c(C(N)=O)ccc(-c2ccccc2Cl)c1F. The molecule has 0 atom stereocenters. The third-order valence-corrected chi connectivity index (χ3v) is 3.15. The molecule has 1 amide bonds. The molecule has 2 rings (SSSR count).